The van der Waals surface area contributed by atoms with Gasteiger partial charge in [-0.1, -0.05) is 23.7 Å². The molecule has 30 heavy (non-hydrogen) atoms. The van der Waals surface area contributed by atoms with Crippen LogP contribution in [-0.2, 0) is 6.54 Å². The Morgan fingerprint density at radius 3 is 2.83 bits per heavy atom. The minimum absolute atomic E-state index is 0.319. The van der Waals surface area contributed by atoms with Crippen LogP contribution in [0.3, 0.4) is 0 Å². The van der Waals surface area contributed by atoms with Crippen LogP contribution in [0.1, 0.15) is 5.56 Å². The highest BCUT2D eigenvalue weighted by molar-refractivity contribution is 6.30. The van der Waals surface area contributed by atoms with Crippen molar-refractivity contribution in [2.45, 2.75) is 6.54 Å². The number of fused-ring (bicyclic) bond motifs is 2. The smallest absolute Gasteiger partial charge is 0.323 e. The average molecular weight is 416 g/mol. The number of carbonyl (C=O) groups excluding carboxylic acids is 1. The highest BCUT2D eigenvalue weighted by atomic mass is 35.5. The number of benzene rings is 2. The van der Waals surface area contributed by atoms with Gasteiger partial charge in [-0.3, -0.25) is 0 Å². The molecule has 0 aliphatic rings. The summed E-state index contributed by atoms with van der Waals surface area (Å²) >= 11 is 5.98. The third-order valence-corrected chi connectivity index (χ3v) is 5.26. The number of carbonyl (C=O) groups is 1. The Labute approximate surface area is 177 Å². The molecule has 5 aromatic rings. The molecule has 148 valence electrons. The van der Waals surface area contributed by atoms with Crippen LogP contribution >= 0.6 is 11.6 Å². The van der Waals surface area contributed by atoms with Crippen LogP contribution in [0.4, 0.5) is 16.2 Å². The zero-order valence-electron chi connectivity index (χ0n) is 15.9. The fourth-order valence-corrected chi connectivity index (χ4v) is 3.84. The number of nitrogens with one attached hydrogen (secondary N) is 3. The first-order chi connectivity index (χ1) is 14.7. The van der Waals surface area contributed by atoms with Gasteiger partial charge < -0.3 is 20.2 Å². The van der Waals surface area contributed by atoms with Crippen LogP contribution in [0.25, 0.3) is 21.9 Å². The van der Waals surface area contributed by atoms with Crippen molar-refractivity contribution in [1.29, 1.82) is 0 Å². The molecule has 3 heterocycles. The largest absolute Gasteiger partial charge is 0.346 e. The Morgan fingerprint density at radius 2 is 1.93 bits per heavy atom. The lowest BCUT2D eigenvalue weighted by Crippen LogP contribution is -2.19. The molecule has 0 aliphatic carbocycles. The van der Waals surface area contributed by atoms with Crippen molar-refractivity contribution in [3.63, 3.8) is 0 Å². The van der Waals surface area contributed by atoms with Crippen LogP contribution in [0.2, 0.25) is 5.02 Å². The summed E-state index contributed by atoms with van der Waals surface area (Å²) in [7, 11) is 0. The quantitative estimate of drug-likeness (QED) is 0.343. The van der Waals surface area contributed by atoms with Gasteiger partial charge in [-0.2, -0.15) is 0 Å². The number of hydrogen-bond donors (Lipinski definition) is 3. The molecule has 0 unspecified atom stereocenters. The van der Waals surface area contributed by atoms with E-state index in [0.29, 0.717) is 17.3 Å². The number of pyridine rings is 1. The van der Waals surface area contributed by atoms with Gasteiger partial charge in [0.1, 0.15) is 5.65 Å². The maximum atomic E-state index is 12.5. The van der Waals surface area contributed by atoms with Gasteiger partial charge in [-0.05, 0) is 54.1 Å². The summed E-state index contributed by atoms with van der Waals surface area (Å²) in [6.45, 7) is 0.702. The molecule has 2 amide bonds. The van der Waals surface area contributed by atoms with Gasteiger partial charge in [-0.25, -0.2) is 9.78 Å². The van der Waals surface area contributed by atoms with Crippen molar-refractivity contribution in [2.24, 2.45) is 0 Å². The lowest BCUT2D eigenvalue weighted by molar-refractivity contribution is 0.262. The van der Waals surface area contributed by atoms with E-state index in [0.717, 1.165) is 33.2 Å². The molecule has 5 rings (SSSR count). The second-order valence-electron chi connectivity index (χ2n) is 6.98. The molecule has 0 bridgehead atoms. The summed E-state index contributed by atoms with van der Waals surface area (Å²) in [6, 6.07) is 18.6. The lowest BCUT2D eigenvalue weighted by atomic mass is 10.2. The Bertz CT molecular complexity index is 1370. The number of halogens is 1. The van der Waals surface area contributed by atoms with Gasteiger partial charge in [0.15, 0.2) is 0 Å². The molecule has 0 spiro atoms. The molecule has 0 aliphatic heterocycles. The van der Waals surface area contributed by atoms with Crippen LogP contribution in [0, 0.1) is 0 Å². The van der Waals surface area contributed by atoms with Gasteiger partial charge >= 0.3 is 6.03 Å². The van der Waals surface area contributed by atoms with Crippen LogP contribution in [-0.4, -0.2) is 20.6 Å². The summed E-state index contributed by atoms with van der Waals surface area (Å²) < 4.78 is 2.16. The molecule has 0 saturated heterocycles. The molecule has 0 saturated carbocycles. The van der Waals surface area contributed by atoms with Gasteiger partial charge in [0.25, 0.3) is 0 Å². The molecule has 0 radical (unpaired) electrons. The van der Waals surface area contributed by atoms with Crippen molar-refractivity contribution in [3.05, 3.63) is 89.8 Å². The Balaban J connectivity index is 1.40. The van der Waals surface area contributed by atoms with Crippen LogP contribution < -0.4 is 10.6 Å². The van der Waals surface area contributed by atoms with Crippen LogP contribution in [0.5, 0.6) is 0 Å². The molecular weight excluding hydrogens is 398 g/mol. The normalized spacial score (nSPS) is 11.1. The van der Waals surface area contributed by atoms with E-state index in [2.05, 4.69) is 31.2 Å². The van der Waals surface area contributed by atoms with Crippen molar-refractivity contribution < 1.29 is 4.79 Å². The van der Waals surface area contributed by atoms with Crippen molar-refractivity contribution in [1.82, 2.24) is 14.5 Å². The third-order valence-electron chi connectivity index (χ3n) is 5.02. The number of rotatable bonds is 4. The summed E-state index contributed by atoms with van der Waals surface area (Å²) in [5.74, 6) is 0. The van der Waals surface area contributed by atoms with E-state index in [-0.39, 0.29) is 6.03 Å². The molecule has 7 heteroatoms. The monoisotopic (exact) mass is 415 g/mol. The van der Waals surface area contributed by atoms with E-state index in [1.165, 1.54) is 0 Å². The number of aromatic amines is 1. The fourth-order valence-electron chi connectivity index (χ4n) is 3.65. The Hall–Kier alpha value is -3.77. The van der Waals surface area contributed by atoms with Crippen molar-refractivity contribution >= 4 is 50.9 Å². The maximum absolute atomic E-state index is 12.5. The van der Waals surface area contributed by atoms with Gasteiger partial charge in [-0.15, -0.1) is 0 Å². The number of nitrogens with zero attached hydrogens (tertiary/aromatic N) is 2. The molecule has 3 aromatic heterocycles. The molecule has 6 nitrogen and oxygen atoms in total. The number of H-pyrrole nitrogens is 1. The summed E-state index contributed by atoms with van der Waals surface area (Å²) in [5, 5.41) is 8.38. The molecule has 0 atom stereocenters. The van der Waals surface area contributed by atoms with E-state index in [9.17, 15) is 4.79 Å². The SMILES string of the molecule is O=C(Nc1cccc(Cl)c1)Nc1cccc2c1ccn2Cc1c[nH]c2ncccc12. The predicted octanol–water partition coefficient (Wildman–Crippen LogP) is 5.86. The standard InChI is InChI=1S/C23H18ClN5O/c24-16-4-1-5-17(12-16)27-23(30)28-20-7-2-8-21-19(20)9-11-29(21)14-15-13-26-22-18(15)6-3-10-25-22/h1-13H,14H2,(H,25,26)(H2,27,28,30). The first-order valence-electron chi connectivity index (χ1n) is 9.50. The van der Waals surface area contributed by atoms with E-state index in [1.807, 2.05) is 42.7 Å². The average Bonchev–Trinajstić information content (AvgIpc) is 3.34. The van der Waals surface area contributed by atoms with Crippen molar-refractivity contribution in [3.8, 4) is 0 Å². The first-order valence-corrected chi connectivity index (χ1v) is 9.87. The third kappa shape index (κ3) is 3.49. The van der Waals surface area contributed by atoms with Gasteiger partial charge in [0, 0.05) is 46.6 Å². The maximum Gasteiger partial charge on any atom is 0.323 e. The number of anilines is 2. The minimum Gasteiger partial charge on any atom is -0.346 e. The molecule has 3 N–H and O–H groups in total. The molecule has 0 fully saturated rings. The topological polar surface area (TPSA) is 74.7 Å². The highest BCUT2D eigenvalue weighted by Crippen LogP contribution is 2.27. The lowest BCUT2D eigenvalue weighted by Gasteiger charge is -2.10. The number of aromatic nitrogens is 3. The second-order valence-corrected chi connectivity index (χ2v) is 7.42. The highest BCUT2D eigenvalue weighted by Gasteiger charge is 2.11. The van der Waals surface area contributed by atoms with E-state index >= 15 is 0 Å². The van der Waals surface area contributed by atoms with Gasteiger partial charge in [0.2, 0.25) is 0 Å². The zero-order chi connectivity index (χ0) is 20.5. The second kappa shape index (κ2) is 7.57. The fraction of sp³-hybridized carbons (Fsp3) is 0.0435. The van der Waals surface area contributed by atoms with E-state index < -0.39 is 0 Å². The predicted molar refractivity (Wildman–Crippen MR) is 121 cm³/mol. The number of urea groups is 1. The number of amides is 2. The molecular formula is C23H18ClN5O. The molecule has 2 aromatic carbocycles. The first kappa shape index (κ1) is 18.3. The zero-order valence-corrected chi connectivity index (χ0v) is 16.6. The van der Waals surface area contributed by atoms with E-state index in [1.54, 1.807) is 30.5 Å². The summed E-state index contributed by atoms with van der Waals surface area (Å²) in [6.07, 6.45) is 5.80. The number of hydrogen-bond acceptors (Lipinski definition) is 2. The Morgan fingerprint density at radius 1 is 1.03 bits per heavy atom. The van der Waals surface area contributed by atoms with Crippen molar-refractivity contribution in [2.75, 3.05) is 10.6 Å². The summed E-state index contributed by atoms with van der Waals surface area (Å²) in [4.78, 5) is 20.0. The minimum atomic E-state index is -0.319. The van der Waals surface area contributed by atoms with Crippen LogP contribution in [0.15, 0.2) is 79.3 Å². The summed E-state index contributed by atoms with van der Waals surface area (Å²) in [5.41, 5.74) is 4.45. The Kier molecular flexibility index (Phi) is 4.61. The van der Waals surface area contributed by atoms with Gasteiger partial charge in [0.05, 0.1) is 11.2 Å². The van der Waals surface area contributed by atoms with E-state index in [4.69, 9.17) is 11.6 Å².